The van der Waals surface area contributed by atoms with Crippen LogP contribution in [0.5, 0.6) is 0 Å². The summed E-state index contributed by atoms with van der Waals surface area (Å²) in [6.07, 6.45) is 2.29. The number of benzene rings is 2. The minimum atomic E-state index is 0.00636. The van der Waals surface area contributed by atoms with Crippen LogP contribution in [-0.2, 0) is 4.79 Å². The van der Waals surface area contributed by atoms with Crippen molar-refractivity contribution in [2.45, 2.75) is 19.3 Å². The van der Waals surface area contributed by atoms with Gasteiger partial charge in [0, 0.05) is 17.9 Å². The zero-order chi connectivity index (χ0) is 17.7. The average molecular weight is 360 g/mol. The van der Waals surface area contributed by atoms with Gasteiger partial charge in [-0.1, -0.05) is 53.3 Å². The van der Waals surface area contributed by atoms with Crippen LogP contribution in [0.4, 0.5) is 5.82 Å². The SMILES string of the molecule is Cc1cccc([C@H]2CC(=O)Nc3c2cnn3-c2nc3ccccc3s2)c1. The first kappa shape index (κ1) is 15.3. The maximum atomic E-state index is 12.4. The first-order valence-electron chi connectivity index (χ1n) is 8.49. The van der Waals surface area contributed by atoms with Crippen LogP contribution < -0.4 is 5.32 Å². The first-order chi connectivity index (χ1) is 12.7. The fourth-order valence-corrected chi connectivity index (χ4v) is 4.43. The van der Waals surface area contributed by atoms with E-state index in [9.17, 15) is 4.79 Å². The van der Waals surface area contributed by atoms with Gasteiger partial charge in [0.25, 0.3) is 0 Å². The van der Waals surface area contributed by atoms with E-state index < -0.39 is 0 Å². The van der Waals surface area contributed by atoms with Crippen LogP contribution in [0.3, 0.4) is 0 Å². The van der Waals surface area contributed by atoms with E-state index in [4.69, 9.17) is 0 Å². The Labute approximate surface area is 154 Å². The molecular formula is C20H16N4OS. The molecule has 26 heavy (non-hydrogen) atoms. The summed E-state index contributed by atoms with van der Waals surface area (Å²) in [5.41, 5.74) is 4.31. The summed E-state index contributed by atoms with van der Waals surface area (Å²) in [7, 11) is 0. The van der Waals surface area contributed by atoms with Crippen LogP contribution in [0.1, 0.15) is 29.0 Å². The molecule has 0 fully saturated rings. The van der Waals surface area contributed by atoms with Crippen molar-refractivity contribution in [1.82, 2.24) is 14.8 Å². The number of aryl methyl sites for hydroxylation is 1. The lowest BCUT2D eigenvalue weighted by Gasteiger charge is -2.23. The van der Waals surface area contributed by atoms with Gasteiger partial charge < -0.3 is 5.32 Å². The molecule has 4 aromatic rings. The van der Waals surface area contributed by atoms with E-state index >= 15 is 0 Å². The highest BCUT2D eigenvalue weighted by Gasteiger charge is 2.31. The molecule has 1 aliphatic heterocycles. The van der Waals surface area contributed by atoms with Crippen molar-refractivity contribution in [1.29, 1.82) is 0 Å². The molecule has 5 rings (SSSR count). The van der Waals surface area contributed by atoms with Crippen LogP contribution >= 0.6 is 11.3 Å². The van der Waals surface area contributed by atoms with E-state index in [1.807, 2.05) is 36.5 Å². The van der Waals surface area contributed by atoms with E-state index in [0.29, 0.717) is 6.42 Å². The number of para-hydroxylation sites is 1. The largest absolute Gasteiger partial charge is 0.310 e. The third-order valence-electron chi connectivity index (χ3n) is 4.73. The Morgan fingerprint density at radius 1 is 1.19 bits per heavy atom. The molecule has 0 bridgehead atoms. The van der Waals surface area contributed by atoms with Crippen LogP contribution in [0.2, 0.25) is 0 Å². The van der Waals surface area contributed by atoms with Crippen LogP contribution in [0, 0.1) is 6.92 Å². The molecule has 1 N–H and O–H groups in total. The summed E-state index contributed by atoms with van der Waals surface area (Å²) in [6.45, 7) is 2.07. The molecule has 0 spiro atoms. The highest BCUT2D eigenvalue weighted by Crippen LogP contribution is 2.39. The van der Waals surface area contributed by atoms with Gasteiger partial charge in [-0.3, -0.25) is 4.79 Å². The second-order valence-electron chi connectivity index (χ2n) is 6.54. The Balaban J connectivity index is 1.64. The van der Waals surface area contributed by atoms with Gasteiger partial charge >= 0.3 is 0 Å². The number of anilines is 1. The Hall–Kier alpha value is -2.99. The Bertz CT molecular complexity index is 1110. The smallest absolute Gasteiger partial charge is 0.226 e. The van der Waals surface area contributed by atoms with Gasteiger partial charge in [-0.25, -0.2) is 4.98 Å². The van der Waals surface area contributed by atoms with E-state index in [1.165, 1.54) is 5.56 Å². The van der Waals surface area contributed by atoms with E-state index in [0.717, 1.165) is 32.3 Å². The summed E-state index contributed by atoms with van der Waals surface area (Å²) >= 11 is 1.57. The number of hydrogen-bond donors (Lipinski definition) is 1. The van der Waals surface area contributed by atoms with Gasteiger partial charge in [0.05, 0.1) is 16.4 Å². The maximum Gasteiger partial charge on any atom is 0.226 e. The predicted molar refractivity (Wildman–Crippen MR) is 103 cm³/mol. The van der Waals surface area contributed by atoms with Crippen LogP contribution in [-0.4, -0.2) is 20.7 Å². The van der Waals surface area contributed by atoms with Crippen LogP contribution in [0.15, 0.2) is 54.7 Å². The van der Waals surface area contributed by atoms with Gasteiger partial charge in [0.1, 0.15) is 5.82 Å². The van der Waals surface area contributed by atoms with Gasteiger partial charge in [-0.05, 0) is 24.6 Å². The molecule has 1 amide bonds. The molecule has 1 atom stereocenters. The van der Waals surface area contributed by atoms with Crippen molar-refractivity contribution in [3.8, 4) is 5.13 Å². The lowest BCUT2D eigenvalue weighted by molar-refractivity contribution is -0.116. The molecule has 0 unspecified atom stereocenters. The Morgan fingerprint density at radius 3 is 2.92 bits per heavy atom. The van der Waals surface area contributed by atoms with E-state index in [-0.39, 0.29) is 11.8 Å². The van der Waals surface area contributed by atoms with Crippen molar-refractivity contribution in [2.75, 3.05) is 5.32 Å². The third-order valence-corrected chi connectivity index (χ3v) is 5.74. The van der Waals surface area contributed by atoms with Gasteiger partial charge in [0.2, 0.25) is 11.0 Å². The number of thiazole rings is 1. The first-order valence-corrected chi connectivity index (χ1v) is 9.31. The molecule has 2 aromatic carbocycles. The lowest BCUT2D eigenvalue weighted by Crippen LogP contribution is -2.24. The zero-order valence-corrected chi connectivity index (χ0v) is 15.0. The van der Waals surface area contributed by atoms with Gasteiger partial charge in [-0.15, -0.1) is 0 Å². The number of carbonyl (C=O) groups excluding carboxylic acids is 1. The topological polar surface area (TPSA) is 59.8 Å². The molecule has 3 heterocycles. The number of aromatic nitrogens is 3. The number of fused-ring (bicyclic) bond motifs is 2. The van der Waals surface area contributed by atoms with E-state index in [1.54, 1.807) is 16.0 Å². The fraction of sp³-hybridized carbons (Fsp3) is 0.150. The number of carbonyl (C=O) groups is 1. The molecule has 0 saturated heterocycles. The minimum absolute atomic E-state index is 0.00636. The van der Waals surface area contributed by atoms with Crippen molar-refractivity contribution in [2.24, 2.45) is 0 Å². The second kappa shape index (κ2) is 5.78. The zero-order valence-electron chi connectivity index (χ0n) is 14.1. The molecule has 0 aliphatic carbocycles. The summed E-state index contributed by atoms with van der Waals surface area (Å²) < 4.78 is 2.85. The molecule has 1 aliphatic rings. The fourth-order valence-electron chi connectivity index (χ4n) is 3.50. The van der Waals surface area contributed by atoms with Gasteiger partial charge in [0.15, 0.2) is 0 Å². The number of nitrogens with zero attached hydrogens (tertiary/aromatic N) is 3. The second-order valence-corrected chi connectivity index (χ2v) is 7.55. The Morgan fingerprint density at radius 2 is 2.08 bits per heavy atom. The standard InChI is InChI=1S/C20H16N4OS/c1-12-5-4-6-13(9-12)14-10-18(25)23-19-15(14)11-21-24(19)20-22-16-7-2-3-8-17(16)26-20/h2-9,11,14H,10H2,1H3,(H,23,25)/t14-/m1/s1. The summed E-state index contributed by atoms with van der Waals surface area (Å²) in [5, 5.41) is 8.30. The molecule has 0 radical (unpaired) electrons. The number of nitrogens with one attached hydrogen (secondary N) is 1. The normalized spacial score (nSPS) is 16.5. The molecule has 5 nitrogen and oxygen atoms in total. The predicted octanol–water partition coefficient (Wildman–Crippen LogP) is 4.26. The molecular weight excluding hydrogens is 344 g/mol. The maximum absolute atomic E-state index is 12.4. The van der Waals surface area contributed by atoms with Gasteiger partial charge in [-0.2, -0.15) is 9.78 Å². The molecule has 6 heteroatoms. The minimum Gasteiger partial charge on any atom is -0.310 e. The monoisotopic (exact) mass is 360 g/mol. The summed E-state index contributed by atoms with van der Waals surface area (Å²) in [4.78, 5) is 17.0. The molecule has 128 valence electrons. The quantitative estimate of drug-likeness (QED) is 0.581. The van der Waals surface area contributed by atoms with E-state index in [2.05, 4.69) is 40.5 Å². The number of hydrogen-bond acceptors (Lipinski definition) is 4. The third kappa shape index (κ3) is 2.42. The molecule has 2 aromatic heterocycles. The van der Waals surface area contributed by atoms with Crippen molar-refractivity contribution >= 4 is 33.3 Å². The highest BCUT2D eigenvalue weighted by atomic mass is 32.1. The number of amides is 1. The van der Waals surface area contributed by atoms with Crippen LogP contribution in [0.25, 0.3) is 15.3 Å². The molecule has 0 saturated carbocycles. The average Bonchev–Trinajstić information content (AvgIpc) is 3.24. The highest BCUT2D eigenvalue weighted by molar-refractivity contribution is 7.20. The lowest BCUT2D eigenvalue weighted by atomic mass is 9.87. The Kier molecular flexibility index (Phi) is 3.39. The van der Waals surface area contributed by atoms with Crippen molar-refractivity contribution < 1.29 is 4.79 Å². The summed E-state index contributed by atoms with van der Waals surface area (Å²) in [5.74, 6) is 0.750. The van der Waals surface area contributed by atoms with Crippen molar-refractivity contribution in [3.05, 3.63) is 71.4 Å². The summed E-state index contributed by atoms with van der Waals surface area (Å²) in [6, 6.07) is 16.3. The number of rotatable bonds is 2. The van der Waals surface area contributed by atoms with Crippen molar-refractivity contribution in [3.63, 3.8) is 0 Å².